The number of aromatic nitrogens is 3. The summed E-state index contributed by atoms with van der Waals surface area (Å²) in [5.41, 5.74) is 2.80. The highest BCUT2D eigenvalue weighted by Gasteiger charge is 2.37. The van der Waals surface area contributed by atoms with Crippen molar-refractivity contribution in [3.8, 4) is 11.5 Å². The van der Waals surface area contributed by atoms with Crippen molar-refractivity contribution in [1.82, 2.24) is 20.1 Å². The van der Waals surface area contributed by atoms with E-state index in [1.807, 2.05) is 18.5 Å². The Bertz CT molecular complexity index is 1580. The predicted octanol–water partition coefficient (Wildman–Crippen LogP) is 6.16. The van der Waals surface area contributed by atoms with Gasteiger partial charge in [0.25, 0.3) is 5.91 Å². The molecule has 2 amide bonds. The molecule has 0 bridgehead atoms. The topological polar surface area (TPSA) is 111 Å². The Hall–Kier alpha value is -3.60. The molecular weight excluding hydrogens is 600 g/mol. The first kappa shape index (κ1) is 31.0. The Kier molecular flexibility index (Phi) is 8.94. The van der Waals surface area contributed by atoms with Crippen molar-refractivity contribution in [3.63, 3.8) is 0 Å². The van der Waals surface area contributed by atoms with E-state index in [1.54, 1.807) is 25.6 Å². The zero-order valence-electron chi connectivity index (χ0n) is 27.2. The molecule has 7 rings (SSSR count). The van der Waals surface area contributed by atoms with Crippen LogP contribution in [0.3, 0.4) is 0 Å². The van der Waals surface area contributed by atoms with Crippen LogP contribution in [0, 0.1) is 17.8 Å². The van der Waals surface area contributed by atoms with E-state index in [0.29, 0.717) is 48.0 Å². The van der Waals surface area contributed by atoms with E-state index < -0.39 is 0 Å². The maximum absolute atomic E-state index is 13.7. The highest BCUT2D eigenvalue weighted by molar-refractivity contribution is 7.17. The number of nitrogens with zero attached hydrogens (tertiary/aromatic N) is 4. The summed E-state index contributed by atoms with van der Waals surface area (Å²) >= 11 is 1.59. The minimum atomic E-state index is -0.0654. The molecule has 3 fully saturated rings. The molecule has 10 nitrogen and oxygen atoms in total. The van der Waals surface area contributed by atoms with Crippen LogP contribution >= 0.6 is 11.3 Å². The summed E-state index contributed by atoms with van der Waals surface area (Å²) in [6, 6.07) is 6.42. The number of nitrogens with one attached hydrogen (secondary N) is 2. The molecule has 0 aliphatic heterocycles. The smallest absolute Gasteiger partial charge is 0.254 e. The Labute approximate surface area is 275 Å². The van der Waals surface area contributed by atoms with Crippen molar-refractivity contribution >= 4 is 34.1 Å². The van der Waals surface area contributed by atoms with E-state index in [-0.39, 0.29) is 23.8 Å². The molecule has 4 aliphatic carbocycles. The summed E-state index contributed by atoms with van der Waals surface area (Å²) in [5.74, 6) is 3.56. The summed E-state index contributed by atoms with van der Waals surface area (Å²) in [7, 11) is 3.37. The standard InChI is InChI=1S/C35H46N6O4S/c1-21-6-4-5-7-28(21)40(19-24-12-14-26(44-2)17-29(24)45-3)35-39-37-20-41(35)25-13-15-30-27(16-25)31(33(43)36-18-22-8-9-22)34(46-30)38-32(42)23-10-11-23/h12,14,17,20-23,25,28H,4-11,13,15-16,18-19H2,1-3H3,(H,36,43)(H,38,42)/t21?,25-,28?/m0/s1. The lowest BCUT2D eigenvalue weighted by Gasteiger charge is -2.40. The third-order valence-corrected chi connectivity index (χ3v) is 11.6. The SMILES string of the molecule is COc1ccc(CN(c2nncn2[C@H]2CCc3sc(NC(=O)C4CC4)c(C(=O)NCC4CC4)c3C2)C2CCCCC2C)c(OC)c1. The molecule has 2 N–H and O–H groups in total. The number of rotatable bonds is 12. The van der Waals surface area contributed by atoms with Crippen LogP contribution in [0.2, 0.25) is 0 Å². The third kappa shape index (κ3) is 6.48. The number of amides is 2. The Morgan fingerprint density at radius 1 is 1.07 bits per heavy atom. The van der Waals surface area contributed by atoms with Gasteiger partial charge in [-0.2, -0.15) is 0 Å². The fraction of sp³-hybridized carbons (Fsp3) is 0.600. The van der Waals surface area contributed by atoms with E-state index in [1.165, 1.54) is 37.0 Å². The summed E-state index contributed by atoms with van der Waals surface area (Å²) in [6.45, 7) is 3.69. The second-order valence-corrected chi connectivity index (χ2v) is 14.8. The van der Waals surface area contributed by atoms with Gasteiger partial charge in [-0.3, -0.25) is 14.2 Å². The van der Waals surface area contributed by atoms with Crippen LogP contribution in [0.15, 0.2) is 24.5 Å². The first-order chi connectivity index (χ1) is 22.4. The Balaban J connectivity index is 1.20. The maximum atomic E-state index is 13.7. The monoisotopic (exact) mass is 646 g/mol. The van der Waals surface area contributed by atoms with Crippen LogP contribution in [0.4, 0.5) is 10.9 Å². The van der Waals surface area contributed by atoms with Crippen molar-refractivity contribution in [3.05, 3.63) is 46.1 Å². The zero-order valence-corrected chi connectivity index (χ0v) is 28.0. The Morgan fingerprint density at radius 2 is 1.89 bits per heavy atom. The minimum Gasteiger partial charge on any atom is -0.497 e. The van der Waals surface area contributed by atoms with E-state index in [0.717, 1.165) is 60.7 Å². The van der Waals surface area contributed by atoms with Crippen molar-refractivity contribution in [2.45, 2.75) is 96.2 Å². The van der Waals surface area contributed by atoms with E-state index in [9.17, 15) is 9.59 Å². The number of carbonyl (C=O) groups excluding carboxylic acids is 2. The molecule has 0 spiro atoms. The Morgan fingerprint density at radius 3 is 2.63 bits per heavy atom. The number of aryl methyl sites for hydroxylation is 1. The molecule has 0 saturated heterocycles. The number of methoxy groups -OCH3 is 2. The normalized spacial score (nSPS) is 22.5. The van der Waals surface area contributed by atoms with Gasteiger partial charge in [-0.05, 0) is 87.3 Å². The number of carbonyl (C=O) groups is 2. The van der Waals surface area contributed by atoms with Gasteiger partial charge >= 0.3 is 0 Å². The molecular formula is C35H46N6O4S. The molecule has 2 heterocycles. The average molecular weight is 647 g/mol. The molecule has 2 aromatic heterocycles. The lowest BCUT2D eigenvalue weighted by molar-refractivity contribution is -0.117. The quantitative estimate of drug-likeness (QED) is 0.243. The van der Waals surface area contributed by atoms with Gasteiger partial charge in [0.1, 0.15) is 22.8 Å². The molecule has 11 heteroatoms. The van der Waals surface area contributed by atoms with Crippen LogP contribution in [-0.4, -0.2) is 53.4 Å². The predicted molar refractivity (Wildman–Crippen MR) is 179 cm³/mol. The number of fused-ring (bicyclic) bond motifs is 1. The summed E-state index contributed by atoms with van der Waals surface area (Å²) < 4.78 is 13.5. The number of benzene rings is 1. The van der Waals surface area contributed by atoms with Crippen molar-refractivity contribution < 1.29 is 19.1 Å². The third-order valence-electron chi connectivity index (χ3n) is 10.4. The largest absolute Gasteiger partial charge is 0.497 e. The zero-order chi connectivity index (χ0) is 31.8. The van der Waals surface area contributed by atoms with Gasteiger partial charge in [0.05, 0.1) is 19.8 Å². The minimum absolute atomic E-state index is 0.0405. The molecule has 4 aliphatic rings. The number of hydrogen-bond acceptors (Lipinski definition) is 8. The molecule has 3 aromatic rings. The van der Waals surface area contributed by atoms with Crippen LogP contribution < -0.4 is 25.0 Å². The molecule has 0 radical (unpaired) electrons. The maximum Gasteiger partial charge on any atom is 0.254 e. The number of hydrogen-bond donors (Lipinski definition) is 2. The molecule has 1 aromatic carbocycles. The summed E-state index contributed by atoms with van der Waals surface area (Å²) in [5, 5.41) is 16.3. The molecule has 3 saturated carbocycles. The van der Waals surface area contributed by atoms with Crippen LogP contribution in [0.1, 0.15) is 97.1 Å². The summed E-state index contributed by atoms with van der Waals surface area (Å²) in [6.07, 6.45) is 13.2. The van der Waals surface area contributed by atoms with Crippen molar-refractivity contribution in [2.24, 2.45) is 17.8 Å². The fourth-order valence-electron chi connectivity index (χ4n) is 7.30. The highest BCUT2D eigenvalue weighted by atomic mass is 32.1. The van der Waals surface area contributed by atoms with Gasteiger partial charge in [0, 0.05) is 47.6 Å². The number of thiophene rings is 1. The number of ether oxygens (including phenoxy) is 2. The average Bonchev–Trinajstić information content (AvgIpc) is 4.01. The van der Waals surface area contributed by atoms with E-state index in [4.69, 9.17) is 14.6 Å². The van der Waals surface area contributed by atoms with Gasteiger partial charge < -0.3 is 25.0 Å². The van der Waals surface area contributed by atoms with Crippen LogP contribution in [0.5, 0.6) is 11.5 Å². The second kappa shape index (κ2) is 13.3. The molecule has 3 atom stereocenters. The van der Waals surface area contributed by atoms with E-state index in [2.05, 4.69) is 38.2 Å². The van der Waals surface area contributed by atoms with Gasteiger partial charge in [-0.25, -0.2) is 0 Å². The lowest BCUT2D eigenvalue weighted by atomic mass is 9.84. The van der Waals surface area contributed by atoms with Gasteiger partial charge in [-0.15, -0.1) is 21.5 Å². The fourth-order valence-corrected chi connectivity index (χ4v) is 8.54. The van der Waals surface area contributed by atoms with Gasteiger partial charge in [0.2, 0.25) is 11.9 Å². The van der Waals surface area contributed by atoms with E-state index >= 15 is 0 Å². The molecule has 2 unspecified atom stereocenters. The summed E-state index contributed by atoms with van der Waals surface area (Å²) in [4.78, 5) is 30.2. The van der Waals surface area contributed by atoms with Gasteiger partial charge in [0.15, 0.2) is 0 Å². The van der Waals surface area contributed by atoms with Crippen molar-refractivity contribution in [2.75, 3.05) is 31.0 Å². The highest BCUT2D eigenvalue weighted by Crippen LogP contribution is 2.44. The lowest BCUT2D eigenvalue weighted by Crippen LogP contribution is -2.43. The first-order valence-electron chi connectivity index (χ1n) is 17.0. The second-order valence-electron chi connectivity index (χ2n) is 13.7. The van der Waals surface area contributed by atoms with Crippen molar-refractivity contribution in [1.29, 1.82) is 0 Å². The van der Waals surface area contributed by atoms with Crippen LogP contribution in [-0.2, 0) is 24.2 Å². The van der Waals surface area contributed by atoms with Gasteiger partial charge in [-0.1, -0.05) is 19.8 Å². The number of anilines is 2. The molecule has 46 heavy (non-hydrogen) atoms. The van der Waals surface area contributed by atoms with Crippen LogP contribution in [0.25, 0.3) is 0 Å². The molecule has 246 valence electrons. The first-order valence-corrected chi connectivity index (χ1v) is 17.9.